The third-order valence-electron chi connectivity index (χ3n) is 4.25. The van der Waals surface area contributed by atoms with Gasteiger partial charge in [0.2, 0.25) is 0 Å². The zero-order valence-corrected chi connectivity index (χ0v) is 14.8. The number of carbonyl (C=O) groups is 1. The van der Waals surface area contributed by atoms with Crippen LogP contribution in [0.5, 0.6) is 0 Å². The van der Waals surface area contributed by atoms with Crippen molar-refractivity contribution < 1.29 is 13.6 Å². The number of rotatable bonds is 4. The number of amides is 1. The third-order valence-corrected chi connectivity index (χ3v) is 5.05. The van der Waals surface area contributed by atoms with Gasteiger partial charge in [-0.15, -0.1) is 0 Å². The highest BCUT2D eigenvalue weighted by atomic mass is 32.2. The van der Waals surface area contributed by atoms with Crippen molar-refractivity contribution in [1.29, 1.82) is 0 Å². The number of hydrogen-bond donors (Lipinski definition) is 2. The van der Waals surface area contributed by atoms with Crippen LogP contribution in [-0.2, 0) is 5.54 Å². The number of nitrogens with one attached hydrogen (secondary N) is 1. The summed E-state index contributed by atoms with van der Waals surface area (Å²) in [6.07, 6.45) is 2.59. The lowest BCUT2D eigenvalue weighted by atomic mass is 9.84. The second-order valence-corrected chi connectivity index (χ2v) is 6.95. The molecule has 0 saturated carbocycles. The van der Waals surface area contributed by atoms with Crippen LogP contribution in [0.1, 0.15) is 41.7 Å². The van der Waals surface area contributed by atoms with Crippen LogP contribution in [0.25, 0.3) is 0 Å². The van der Waals surface area contributed by atoms with Gasteiger partial charge < -0.3 is 15.5 Å². The number of oxazole rings is 1. The first-order chi connectivity index (χ1) is 11.9. The molecule has 1 aliphatic heterocycles. The standard InChI is InChI=1S/C17H19FN4O2S/c1-3-17(6-7-25-16(19)22-17)12-8-11(4-5-13(12)18)21-15(23)14-9-24-10(2)20-14/h4-5,8-9H,3,6-7H2,1-2H3,(H2,19,22)(H,21,23)/t17-/m0/s1. The number of thioether (sulfide) groups is 1. The van der Waals surface area contributed by atoms with Crippen LogP contribution >= 0.6 is 11.8 Å². The van der Waals surface area contributed by atoms with Crippen LogP contribution in [-0.4, -0.2) is 21.8 Å². The Morgan fingerprint density at radius 1 is 1.52 bits per heavy atom. The Hall–Kier alpha value is -2.35. The smallest absolute Gasteiger partial charge is 0.277 e. The number of nitrogens with two attached hydrogens (primary N) is 1. The van der Waals surface area contributed by atoms with Crippen LogP contribution in [0, 0.1) is 12.7 Å². The summed E-state index contributed by atoms with van der Waals surface area (Å²) in [5.41, 5.74) is 6.25. The van der Waals surface area contributed by atoms with Gasteiger partial charge in [0.25, 0.3) is 5.91 Å². The van der Waals surface area contributed by atoms with Gasteiger partial charge in [0.1, 0.15) is 12.1 Å². The van der Waals surface area contributed by atoms with E-state index in [1.165, 1.54) is 30.2 Å². The number of amidine groups is 1. The summed E-state index contributed by atoms with van der Waals surface area (Å²) < 4.78 is 19.6. The molecular weight excluding hydrogens is 343 g/mol. The van der Waals surface area contributed by atoms with E-state index >= 15 is 0 Å². The first kappa shape index (κ1) is 17.5. The summed E-state index contributed by atoms with van der Waals surface area (Å²) in [5, 5.41) is 3.18. The van der Waals surface area contributed by atoms with E-state index in [0.29, 0.717) is 35.2 Å². The topological polar surface area (TPSA) is 93.5 Å². The molecule has 3 rings (SSSR count). The average molecular weight is 362 g/mol. The van der Waals surface area contributed by atoms with Crippen LogP contribution in [0.15, 0.2) is 33.9 Å². The maximum atomic E-state index is 14.5. The predicted octanol–water partition coefficient (Wildman–Crippen LogP) is 3.43. The summed E-state index contributed by atoms with van der Waals surface area (Å²) in [4.78, 5) is 20.7. The van der Waals surface area contributed by atoms with Crippen LogP contribution in [0.2, 0.25) is 0 Å². The van der Waals surface area contributed by atoms with E-state index in [4.69, 9.17) is 10.2 Å². The molecule has 1 aliphatic rings. The van der Waals surface area contributed by atoms with Crippen molar-refractivity contribution in [2.24, 2.45) is 10.7 Å². The normalized spacial score (nSPS) is 20.2. The highest BCUT2D eigenvalue weighted by Gasteiger charge is 2.35. The maximum Gasteiger partial charge on any atom is 0.277 e. The fourth-order valence-electron chi connectivity index (χ4n) is 2.89. The summed E-state index contributed by atoms with van der Waals surface area (Å²) in [7, 11) is 0. The molecule has 132 valence electrons. The Labute approximate surface area is 149 Å². The average Bonchev–Trinajstić information content (AvgIpc) is 3.03. The van der Waals surface area contributed by atoms with E-state index in [0.717, 1.165) is 5.75 Å². The quantitative estimate of drug-likeness (QED) is 0.869. The van der Waals surface area contributed by atoms with Crippen molar-refractivity contribution in [1.82, 2.24) is 4.98 Å². The molecule has 3 N–H and O–H groups in total. The van der Waals surface area contributed by atoms with Gasteiger partial charge in [-0.25, -0.2) is 9.37 Å². The number of hydrogen-bond acceptors (Lipinski definition) is 6. The first-order valence-electron chi connectivity index (χ1n) is 7.95. The maximum absolute atomic E-state index is 14.5. The summed E-state index contributed by atoms with van der Waals surface area (Å²) in [6.45, 7) is 3.61. The van der Waals surface area contributed by atoms with E-state index in [1.54, 1.807) is 13.0 Å². The largest absolute Gasteiger partial charge is 0.448 e. The zero-order chi connectivity index (χ0) is 18.0. The molecular formula is C17H19FN4O2S. The number of aromatic nitrogens is 1. The molecule has 1 aromatic carbocycles. The number of benzene rings is 1. The molecule has 6 nitrogen and oxygen atoms in total. The van der Waals surface area contributed by atoms with E-state index in [9.17, 15) is 9.18 Å². The van der Waals surface area contributed by atoms with Crippen LogP contribution in [0.3, 0.4) is 0 Å². The van der Waals surface area contributed by atoms with Gasteiger partial charge in [0.15, 0.2) is 16.8 Å². The summed E-state index contributed by atoms with van der Waals surface area (Å²) in [6, 6.07) is 4.47. The molecule has 0 saturated heterocycles. The van der Waals surface area contributed by atoms with Crippen LogP contribution < -0.4 is 11.1 Å². The van der Waals surface area contributed by atoms with Gasteiger partial charge in [-0.3, -0.25) is 9.79 Å². The van der Waals surface area contributed by atoms with Gasteiger partial charge in [-0.1, -0.05) is 18.7 Å². The SMILES string of the molecule is CC[C@@]1(c2cc(NC(=O)c3coc(C)n3)ccc2F)CCSC(N)=N1. The molecule has 0 aliphatic carbocycles. The molecule has 25 heavy (non-hydrogen) atoms. The number of nitrogens with zero attached hydrogens (tertiary/aromatic N) is 2. The lowest BCUT2D eigenvalue weighted by Gasteiger charge is -2.33. The Balaban J connectivity index is 1.93. The van der Waals surface area contributed by atoms with E-state index < -0.39 is 11.4 Å². The molecule has 1 aromatic heterocycles. The number of halogens is 1. The Morgan fingerprint density at radius 3 is 2.96 bits per heavy atom. The van der Waals surface area contributed by atoms with Crippen molar-refractivity contribution in [3.63, 3.8) is 0 Å². The Morgan fingerprint density at radius 2 is 2.32 bits per heavy atom. The van der Waals surface area contributed by atoms with E-state index in [2.05, 4.69) is 15.3 Å². The van der Waals surface area contributed by atoms with Gasteiger partial charge in [-0.05, 0) is 31.0 Å². The molecule has 0 radical (unpaired) electrons. The monoisotopic (exact) mass is 362 g/mol. The van der Waals surface area contributed by atoms with E-state index in [1.807, 2.05) is 6.92 Å². The van der Waals surface area contributed by atoms with Gasteiger partial charge in [0, 0.05) is 23.9 Å². The number of aryl methyl sites for hydroxylation is 1. The van der Waals surface area contributed by atoms with Gasteiger partial charge in [0.05, 0.1) is 5.54 Å². The van der Waals surface area contributed by atoms with Crippen LogP contribution in [0.4, 0.5) is 10.1 Å². The minimum absolute atomic E-state index is 0.171. The minimum atomic E-state index is -0.704. The molecule has 8 heteroatoms. The van der Waals surface area contributed by atoms with Crippen molar-refractivity contribution in [2.45, 2.75) is 32.2 Å². The molecule has 0 bridgehead atoms. The molecule has 1 atom stereocenters. The van der Waals surface area contributed by atoms with Crippen molar-refractivity contribution in [2.75, 3.05) is 11.1 Å². The summed E-state index contributed by atoms with van der Waals surface area (Å²) >= 11 is 1.47. The first-order valence-corrected chi connectivity index (χ1v) is 8.94. The number of aliphatic imine (C=N–C) groups is 1. The molecule has 0 unspecified atom stereocenters. The predicted molar refractivity (Wildman–Crippen MR) is 96.3 cm³/mol. The number of anilines is 1. The molecule has 0 fully saturated rings. The minimum Gasteiger partial charge on any atom is -0.448 e. The fraction of sp³-hybridized carbons (Fsp3) is 0.353. The Kier molecular flexibility index (Phi) is 4.80. The molecule has 2 heterocycles. The second-order valence-electron chi connectivity index (χ2n) is 5.83. The fourth-order valence-corrected chi connectivity index (χ4v) is 3.78. The Bertz CT molecular complexity index is 836. The van der Waals surface area contributed by atoms with E-state index in [-0.39, 0.29) is 11.5 Å². The highest BCUT2D eigenvalue weighted by molar-refractivity contribution is 8.13. The molecule has 2 aromatic rings. The molecule has 0 spiro atoms. The van der Waals surface area contributed by atoms with Gasteiger partial charge >= 0.3 is 0 Å². The summed E-state index contributed by atoms with van der Waals surface area (Å²) in [5.74, 6) is 0.402. The highest BCUT2D eigenvalue weighted by Crippen LogP contribution is 2.40. The molecule has 1 amide bonds. The lowest BCUT2D eigenvalue weighted by Crippen LogP contribution is -2.32. The van der Waals surface area contributed by atoms with Gasteiger partial charge in [-0.2, -0.15) is 0 Å². The number of carbonyl (C=O) groups excluding carboxylic acids is 1. The zero-order valence-electron chi connectivity index (χ0n) is 14.0. The van der Waals surface area contributed by atoms with Crippen molar-refractivity contribution in [3.05, 3.63) is 47.4 Å². The van der Waals surface area contributed by atoms with Crippen molar-refractivity contribution >= 4 is 28.5 Å². The van der Waals surface area contributed by atoms with Crippen molar-refractivity contribution in [3.8, 4) is 0 Å². The second kappa shape index (κ2) is 6.87. The third kappa shape index (κ3) is 3.53. The lowest BCUT2D eigenvalue weighted by molar-refractivity contribution is 0.102.